The molecule has 114 valence electrons. The average molecular weight is 329 g/mol. The Morgan fingerprint density at radius 3 is 2.81 bits per heavy atom. The largest absolute Gasteiger partial charge is 0.377 e. The van der Waals surface area contributed by atoms with E-state index in [1.807, 2.05) is 13.8 Å². The lowest BCUT2D eigenvalue weighted by Gasteiger charge is -2.13. The van der Waals surface area contributed by atoms with Crippen molar-refractivity contribution in [1.29, 1.82) is 0 Å². The van der Waals surface area contributed by atoms with Crippen molar-refractivity contribution >= 4 is 32.5 Å². The molecular weight excluding hydrogens is 312 g/mol. The number of pyridine rings is 1. The average Bonchev–Trinajstić information content (AvgIpc) is 2.45. The van der Waals surface area contributed by atoms with Crippen LogP contribution in [0.25, 0.3) is 10.9 Å². The van der Waals surface area contributed by atoms with Crippen LogP contribution in [-0.4, -0.2) is 32.7 Å². The van der Waals surface area contributed by atoms with Gasteiger partial charge in [0.2, 0.25) is 10.0 Å². The zero-order valence-electron chi connectivity index (χ0n) is 11.8. The SMILES string of the molecule is CCOC(C)CNS(=O)(=O)c1ccc2nc(Cl)ccc2c1. The summed E-state index contributed by atoms with van der Waals surface area (Å²) in [6.45, 7) is 4.46. The van der Waals surface area contributed by atoms with Crippen molar-refractivity contribution in [2.24, 2.45) is 0 Å². The Hall–Kier alpha value is -1.21. The number of benzene rings is 1. The van der Waals surface area contributed by atoms with Crippen molar-refractivity contribution < 1.29 is 13.2 Å². The van der Waals surface area contributed by atoms with Gasteiger partial charge >= 0.3 is 0 Å². The minimum absolute atomic E-state index is 0.175. The smallest absolute Gasteiger partial charge is 0.240 e. The Morgan fingerprint density at radius 1 is 1.33 bits per heavy atom. The summed E-state index contributed by atoms with van der Waals surface area (Å²) in [5.74, 6) is 0. The van der Waals surface area contributed by atoms with Crippen LogP contribution in [0.15, 0.2) is 35.2 Å². The maximum absolute atomic E-state index is 12.2. The van der Waals surface area contributed by atoms with Gasteiger partial charge in [-0.2, -0.15) is 0 Å². The lowest BCUT2D eigenvalue weighted by Crippen LogP contribution is -2.32. The first-order chi connectivity index (χ1) is 9.92. The zero-order chi connectivity index (χ0) is 15.5. The van der Waals surface area contributed by atoms with E-state index in [9.17, 15) is 8.42 Å². The highest BCUT2D eigenvalue weighted by atomic mass is 35.5. The Labute approximate surface area is 129 Å². The van der Waals surface area contributed by atoms with Crippen LogP contribution >= 0.6 is 11.6 Å². The third-order valence-corrected chi connectivity index (χ3v) is 4.58. The van der Waals surface area contributed by atoms with Crippen LogP contribution in [-0.2, 0) is 14.8 Å². The second kappa shape index (κ2) is 6.70. The first-order valence-electron chi connectivity index (χ1n) is 6.60. The van der Waals surface area contributed by atoms with Gasteiger partial charge in [-0.25, -0.2) is 18.1 Å². The van der Waals surface area contributed by atoms with Crippen LogP contribution < -0.4 is 4.72 Å². The molecule has 7 heteroatoms. The van der Waals surface area contributed by atoms with Gasteiger partial charge in [-0.05, 0) is 44.2 Å². The highest BCUT2D eigenvalue weighted by molar-refractivity contribution is 7.89. The number of nitrogens with one attached hydrogen (secondary N) is 1. The summed E-state index contributed by atoms with van der Waals surface area (Å²) in [5.41, 5.74) is 0.657. The van der Waals surface area contributed by atoms with Crippen LogP contribution in [0.5, 0.6) is 0 Å². The molecule has 1 heterocycles. The van der Waals surface area contributed by atoms with Gasteiger partial charge in [-0.15, -0.1) is 0 Å². The molecule has 0 aliphatic carbocycles. The minimum Gasteiger partial charge on any atom is -0.377 e. The highest BCUT2D eigenvalue weighted by Crippen LogP contribution is 2.19. The molecule has 1 atom stereocenters. The maximum Gasteiger partial charge on any atom is 0.240 e. The van der Waals surface area contributed by atoms with Crippen LogP contribution in [0, 0.1) is 0 Å². The first-order valence-corrected chi connectivity index (χ1v) is 8.46. The fraction of sp³-hybridized carbons (Fsp3) is 0.357. The molecule has 2 rings (SSSR count). The van der Waals surface area contributed by atoms with Crippen molar-refractivity contribution in [2.45, 2.75) is 24.8 Å². The molecule has 0 radical (unpaired) electrons. The summed E-state index contributed by atoms with van der Waals surface area (Å²) >= 11 is 5.81. The summed E-state index contributed by atoms with van der Waals surface area (Å²) in [5, 5.41) is 1.10. The summed E-state index contributed by atoms with van der Waals surface area (Å²) in [7, 11) is -3.57. The molecule has 0 amide bonds. The van der Waals surface area contributed by atoms with E-state index in [0.717, 1.165) is 5.39 Å². The molecule has 0 saturated carbocycles. The summed E-state index contributed by atoms with van der Waals surface area (Å²) in [6.07, 6.45) is -0.175. The Kier molecular flexibility index (Phi) is 5.16. The van der Waals surface area contributed by atoms with Gasteiger partial charge in [0, 0.05) is 18.5 Å². The molecule has 1 aromatic carbocycles. The number of rotatable bonds is 6. The van der Waals surface area contributed by atoms with Gasteiger partial charge in [0.25, 0.3) is 0 Å². The fourth-order valence-electron chi connectivity index (χ4n) is 1.90. The lowest BCUT2D eigenvalue weighted by molar-refractivity contribution is 0.0799. The number of aromatic nitrogens is 1. The van der Waals surface area contributed by atoms with Crippen LogP contribution in [0.2, 0.25) is 5.15 Å². The number of halogens is 1. The summed E-state index contributed by atoms with van der Waals surface area (Å²) < 4.78 is 32.3. The van der Waals surface area contributed by atoms with E-state index < -0.39 is 10.0 Å². The second-order valence-corrected chi connectivity index (χ2v) is 6.76. The number of fused-ring (bicyclic) bond motifs is 1. The van der Waals surface area contributed by atoms with Crippen molar-refractivity contribution in [3.05, 3.63) is 35.5 Å². The van der Waals surface area contributed by atoms with Gasteiger partial charge in [0.05, 0.1) is 16.5 Å². The molecule has 2 aromatic rings. The van der Waals surface area contributed by atoms with Crippen molar-refractivity contribution in [1.82, 2.24) is 9.71 Å². The van der Waals surface area contributed by atoms with E-state index in [2.05, 4.69) is 9.71 Å². The van der Waals surface area contributed by atoms with Crippen molar-refractivity contribution in [3.63, 3.8) is 0 Å². The Morgan fingerprint density at radius 2 is 2.10 bits per heavy atom. The molecule has 0 spiro atoms. The quantitative estimate of drug-likeness (QED) is 0.828. The topological polar surface area (TPSA) is 68.3 Å². The molecule has 0 aliphatic rings. The van der Waals surface area contributed by atoms with E-state index in [4.69, 9.17) is 16.3 Å². The summed E-state index contributed by atoms with van der Waals surface area (Å²) in [6, 6.07) is 8.10. The third-order valence-electron chi connectivity index (χ3n) is 2.95. The molecule has 1 unspecified atom stereocenters. The van der Waals surface area contributed by atoms with Crippen LogP contribution in [0.1, 0.15) is 13.8 Å². The number of ether oxygens (including phenoxy) is 1. The Balaban J connectivity index is 2.22. The van der Waals surface area contributed by atoms with Crippen molar-refractivity contribution in [2.75, 3.05) is 13.2 Å². The molecule has 1 aromatic heterocycles. The molecule has 0 saturated heterocycles. The van der Waals surface area contributed by atoms with E-state index >= 15 is 0 Å². The molecule has 0 aliphatic heterocycles. The molecule has 5 nitrogen and oxygen atoms in total. The normalized spacial score (nSPS) is 13.5. The number of sulfonamides is 1. The number of hydrogen-bond donors (Lipinski definition) is 1. The summed E-state index contributed by atoms with van der Waals surface area (Å²) in [4.78, 5) is 4.32. The van der Waals surface area contributed by atoms with Gasteiger partial charge in [0.1, 0.15) is 5.15 Å². The van der Waals surface area contributed by atoms with Gasteiger partial charge in [-0.3, -0.25) is 0 Å². The monoisotopic (exact) mass is 328 g/mol. The van der Waals surface area contributed by atoms with E-state index in [1.165, 1.54) is 6.07 Å². The van der Waals surface area contributed by atoms with E-state index in [1.54, 1.807) is 24.3 Å². The predicted molar refractivity (Wildman–Crippen MR) is 83.0 cm³/mol. The van der Waals surface area contributed by atoms with Gasteiger partial charge in [0.15, 0.2) is 0 Å². The van der Waals surface area contributed by atoms with Gasteiger partial charge in [-0.1, -0.05) is 11.6 Å². The second-order valence-electron chi connectivity index (χ2n) is 4.61. The molecule has 1 N–H and O–H groups in total. The third kappa shape index (κ3) is 4.14. The lowest BCUT2D eigenvalue weighted by atomic mass is 10.2. The predicted octanol–water partition coefficient (Wildman–Crippen LogP) is 2.59. The van der Waals surface area contributed by atoms with Gasteiger partial charge < -0.3 is 4.74 Å². The molecule has 21 heavy (non-hydrogen) atoms. The first kappa shape index (κ1) is 16.2. The molecule has 0 fully saturated rings. The van der Waals surface area contributed by atoms with E-state index in [0.29, 0.717) is 17.3 Å². The number of nitrogens with zero attached hydrogens (tertiary/aromatic N) is 1. The maximum atomic E-state index is 12.2. The highest BCUT2D eigenvalue weighted by Gasteiger charge is 2.16. The van der Waals surface area contributed by atoms with Crippen LogP contribution in [0.4, 0.5) is 0 Å². The molecule has 0 bridgehead atoms. The standard InChI is InChI=1S/C14H17ClN2O3S/c1-3-20-10(2)9-16-21(18,19)12-5-6-13-11(8-12)4-7-14(15)17-13/h4-8,10,16H,3,9H2,1-2H3. The Bertz CT molecular complexity index is 734. The molecular formula is C14H17ClN2O3S. The van der Waals surface area contributed by atoms with Crippen molar-refractivity contribution in [3.8, 4) is 0 Å². The fourth-order valence-corrected chi connectivity index (χ4v) is 3.20. The van der Waals surface area contributed by atoms with E-state index in [-0.39, 0.29) is 17.5 Å². The number of hydrogen-bond acceptors (Lipinski definition) is 4. The van der Waals surface area contributed by atoms with Crippen LogP contribution in [0.3, 0.4) is 0 Å². The zero-order valence-corrected chi connectivity index (χ0v) is 13.4. The minimum atomic E-state index is -3.57.